The summed E-state index contributed by atoms with van der Waals surface area (Å²) >= 11 is 0. The molecular weight excluding hydrogens is 252 g/mol. The number of ether oxygens (including phenoxy) is 1. The van der Waals surface area contributed by atoms with E-state index < -0.39 is 18.4 Å². The van der Waals surface area contributed by atoms with Gasteiger partial charge in [0.05, 0.1) is 18.7 Å². The van der Waals surface area contributed by atoms with Crippen LogP contribution in [-0.4, -0.2) is 36.0 Å². The average Bonchev–Trinajstić information content (AvgIpc) is 2.55. The Kier molecular flexibility index (Phi) is 3.65. The molecule has 0 atom stereocenters. The van der Waals surface area contributed by atoms with Gasteiger partial charge >= 0.3 is 5.97 Å². The summed E-state index contributed by atoms with van der Waals surface area (Å²) in [6.45, 7) is -0.178. The van der Waals surface area contributed by atoms with Crippen molar-refractivity contribution in [3.8, 4) is 5.75 Å². The van der Waals surface area contributed by atoms with Crippen LogP contribution in [0.4, 0.5) is 5.69 Å². The molecule has 2 rings (SSSR count). The fourth-order valence-corrected chi connectivity index (χ4v) is 1.62. The van der Waals surface area contributed by atoms with Gasteiger partial charge < -0.3 is 20.5 Å². The molecule has 0 spiro atoms. The molecule has 0 unspecified atom stereocenters. The predicted octanol–water partition coefficient (Wildman–Crippen LogP) is 0.222. The Hall–Kier alpha value is -2.57. The fraction of sp³-hybridized carbons (Fsp3) is 0.250. The summed E-state index contributed by atoms with van der Waals surface area (Å²) in [5.41, 5.74) is 0.663. The lowest BCUT2D eigenvalue weighted by Crippen LogP contribution is -2.29. The second kappa shape index (κ2) is 5.38. The number of benzene rings is 1. The largest absolute Gasteiger partial charge is 0.491 e. The van der Waals surface area contributed by atoms with Crippen molar-refractivity contribution in [3.63, 3.8) is 0 Å². The van der Waals surface area contributed by atoms with Gasteiger partial charge in [-0.15, -0.1) is 0 Å². The van der Waals surface area contributed by atoms with Crippen molar-refractivity contribution in [2.75, 3.05) is 18.5 Å². The number of nitrogens with one attached hydrogen (secondary N) is 2. The maximum Gasteiger partial charge on any atom is 0.322 e. The molecule has 0 radical (unpaired) electrons. The third kappa shape index (κ3) is 3.21. The number of hydrogen-bond donors (Lipinski definition) is 3. The van der Waals surface area contributed by atoms with Gasteiger partial charge in [0, 0.05) is 5.56 Å². The summed E-state index contributed by atoms with van der Waals surface area (Å²) in [6, 6.07) is 4.53. The number of carboxylic acids is 1. The molecule has 1 aliphatic rings. The van der Waals surface area contributed by atoms with Crippen LogP contribution >= 0.6 is 0 Å². The van der Waals surface area contributed by atoms with E-state index in [1.807, 2.05) is 0 Å². The van der Waals surface area contributed by atoms with Crippen LogP contribution in [0.5, 0.6) is 5.75 Å². The summed E-state index contributed by atoms with van der Waals surface area (Å²) in [4.78, 5) is 33.4. The number of hydrogen-bond acceptors (Lipinski definition) is 4. The molecule has 0 saturated heterocycles. The van der Waals surface area contributed by atoms with E-state index in [-0.39, 0.29) is 24.5 Å². The Labute approximate surface area is 108 Å². The summed E-state index contributed by atoms with van der Waals surface area (Å²) < 4.78 is 5.34. The maximum atomic E-state index is 11.7. The number of carbonyl (C=O) groups excluding carboxylic acids is 2. The van der Waals surface area contributed by atoms with E-state index in [1.165, 1.54) is 12.1 Å². The van der Waals surface area contributed by atoms with Crippen LogP contribution in [0.3, 0.4) is 0 Å². The molecule has 1 aromatic carbocycles. The number of amides is 2. The molecule has 2 amide bonds. The molecule has 0 aliphatic carbocycles. The molecule has 0 aromatic heterocycles. The fourth-order valence-electron chi connectivity index (χ4n) is 1.62. The molecule has 100 valence electrons. The van der Waals surface area contributed by atoms with Crippen molar-refractivity contribution >= 4 is 23.5 Å². The van der Waals surface area contributed by atoms with E-state index in [9.17, 15) is 14.4 Å². The molecule has 19 heavy (non-hydrogen) atoms. The lowest BCUT2D eigenvalue weighted by Gasteiger charge is -2.09. The van der Waals surface area contributed by atoms with Crippen LogP contribution in [0, 0.1) is 0 Å². The van der Waals surface area contributed by atoms with Crippen LogP contribution < -0.4 is 15.4 Å². The van der Waals surface area contributed by atoms with Crippen molar-refractivity contribution in [3.05, 3.63) is 23.8 Å². The van der Waals surface area contributed by atoms with Gasteiger partial charge in [-0.2, -0.15) is 0 Å². The highest BCUT2D eigenvalue weighted by atomic mass is 16.5. The first-order chi connectivity index (χ1) is 9.06. The molecule has 0 bridgehead atoms. The Bertz CT molecular complexity index is 541. The Balaban J connectivity index is 2.17. The molecule has 0 fully saturated rings. The molecule has 1 aliphatic heterocycles. The topological polar surface area (TPSA) is 105 Å². The summed E-state index contributed by atoms with van der Waals surface area (Å²) in [7, 11) is 0. The van der Waals surface area contributed by atoms with Crippen molar-refractivity contribution in [2.24, 2.45) is 0 Å². The van der Waals surface area contributed by atoms with Gasteiger partial charge in [-0.3, -0.25) is 14.4 Å². The van der Waals surface area contributed by atoms with Gasteiger partial charge in [0.25, 0.3) is 5.91 Å². The minimum Gasteiger partial charge on any atom is -0.491 e. The lowest BCUT2D eigenvalue weighted by molar-refractivity contribution is -0.135. The SMILES string of the molecule is O=C(O)CNC(=O)c1ccc2c(c1)NC(=O)CCO2. The molecule has 3 N–H and O–H groups in total. The second-order valence-corrected chi connectivity index (χ2v) is 3.93. The summed E-state index contributed by atoms with van der Waals surface area (Å²) in [5, 5.41) is 13.3. The first-order valence-electron chi connectivity index (χ1n) is 5.63. The standard InChI is InChI=1S/C12H12N2O5/c15-10-3-4-19-9-2-1-7(5-8(9)14-10)12(18)13-6-11(16)17/h1-2,5H,3-4,6H2,(H,13,18)(H,14,15)(H,16,17). The van der Waals surface area contributed by atoms with E-state index in [0.717, 1.165) is 0 Å². The number of fused-ring (bicyclic) bond motifs is 1. The average molecular weight is 264 g/mol. The van der Waals surface area contributed by atoms with Crippen LogP contribution in [0.2, 0.25) is 0 Å². The van der Waals surface area contributed by atoms with E-state index in [1.54, 1.807) is 6.07 Å². The van der Waals surface area contributed by atoms with E-state index in [0.29, 0.717) is 11.4 Å². The number of rotatable bonds is 3. The van der Waals surface area contributed by atoms with Gasteiger partial charge in [0.15, 0.2) is 0 Å². The Morgan fingerprint density at radius 2 is 2.21 bits per heavy atom. The van der Waals surface area contributed by atoms with Crippen LogP contribution in [0.1, 0.15) is 16.8 Å². The minimum atomic E-state index is -1.13. The third-order valence-corrected chi connectivity index (χ3v) is 2.50. The molecule has 1 heterocycles. The zero-order valence-corrected chi connectivity index (χ0v) is 9.93. The monoisotopic (exact) mass is 264 g/mol. The third-order valence-electron chi connectivity index (χ3n) is 2.50. The molecule has 0 saturated carbocycles. The molecule has 7 heteroatoms. The lowest BCUT2D eigenvalue weighted by atomic mass is 10.1. The Morgan fingerprint density at radius 3 is 2.95 bits per heavy atom. The second-order valence-electron chi connectivity index (χ2n) is 3.93. The Morgan fingerprint density at radius 1 is 1.42 bits per heavy atom. The predicted molar refractivity (Wildman–Crippen MR) is 65.2 cm³/mol. The van der Waals surface area contributed by atoms with Gasteiger partial charge in [-0.05, 0) is 18.2 Å². The number of anilines is 1. The van der Waals surface area contributed by atoms with Crippen LogP contribution in [0.15, 0.2) is 18.2 Å². The molecule has 1 aromatic rings. The zero-order chi connectivity index (χ0) is 13.8. The quantitative estimate of drug-likeness (QED) is 0.724. The zero-order valence-electron chi connectivity index (χ0n) is 9.93. The maximum absolute atomic E-state index is 11.7. The number of aliphatic carboxylic acids is 1. The first-order valence-corrected chi connectivity index (χ1v) is 5.63. The van der Waals surface area contributed by atoms with E-state index in [4.69, 9.17) is 9.84 Å². The van der Waals surface area contributed by atoms with Crippen molar-refractivity contribution in [1.29, 1.82) is 0 Å². The van der Waals surface area contributed by atoms with E-state index in [2.05, 4.69) is 10.6 Å². The number of carbonyl (C=O) groups is 3. The van der Waals surface area contributed by atoms with Gasteiger partial charge in [-0.25, -0.2) is 0 Å². The molecule has 7 nitrogen and oxygen atoms in total. The van der Waals surface area contributed by atoms with Crippen molar-refractivity contribution in [1.82, 2.24) is 5.32 Å². The van der Waals surface area contributed by atoms with Crippen molar-refractivity contribution in [2.45, 2.75) is 6.42 Å². The minimum absolute atomic E-state index is 0.193. The highest BCUT2D eigenvalue weighted by Gasteiger charge is 2.16. The van der Waals surface area contributed by atoms with Gasteiger partial charge in [-0.1, -0.05) is 0 Å². The van der Waals surface area contributed by atoms with E-state index >= 15 is 0 Å². The normalized spacial score (nSPS) is 13.6. The smallest absolute Gasteiger partial charge is 0.322 e. The van der Waals surface area contributed by atoms with Crippen molar-refractivity contribution < 1.29 is 24.2 Å². The highest BCUT2D eigenvalue weighted by molar-refractivity contribution is 5.99. The summed E-state index contributed by atoms with van der Waals surface area (Å²) in [5.74, 6) is -1.36. The number of carboxylic acid groups (broad SMARTS) is 1. The molecular formula is C12H12N2O5. The van der Waals surface area contributed by atoms with Crippen LogP contribution in [0.25, 0.3) is 0 Å². The first kappa shape index (κ1) is 12.9. The highest BCUT2D eigenvalue weighted by Crippen LogP contribution is 2.27. The van der Waals surface area contributed by atoms with Gasteiger partial charge in [0.1, 0.15) is 12.3 Å². The van der Waals surface area contributed by atoms with Gasteiger partial charge in [0.2, 0.25) is 5.91 Å². The van der Waals surface area contributed by atoms with Crippen LogP contribution in [-0.2, 0) is 9.59 Å². The summed E-state index contributed by atoms with van der Waals surface area (Å²) in [6.07, 6.45) is 0.245.